The lowest BCUT2D eigenvalue weighted by Gasteiger charge is -2.39. The highest BCUT2D eigenvalue weighted by atomic mass is 16.7. The van der Waals surface area contributed by atoms with Gasteiger partial charge >= 0.3 is 0 Å². The van der Waals surface area contributed by atoms with Gasteiger partial charge in [0.25, 0.3) is 0 Å². The molecule has 2 aliphatic carbocycles. The first kappa shape index (κ1) is 31.5. The maximum Gasteiger partial charge on any atom is 0.232 e. The molecule has 0 radical (unpaired) electrons. The van der Waals surface area contributed by atoms with Gasteiger partial charge < -0.3 is 9.47 Å². The molecule has 0 atom stereocenters. The molecule has 4 aromatic rings. The standard InChI is InChI=1S/C36H49N7O2/c1-5-36(44-28-14-8-6-9-15-28,45-29-16-10-7-11-17-29)34-37-32(43(40-34)25-35(2,3)4)24-26-20-22-27(23-21-26)30-18-12-13-19-31(30)33-38-41-42-39-33/h12-13,18-23,28-29H,5-11,14-17,24-25H2,1-4H3,(H,38,39,41,42). The topological polar surface area (TPSA) is 104 Å². The van der Waals surface area contributed by atoms with Crippen LogP contribution in [0.15, 0.2) is 48.5 Å². The zero-order chi connectivity index (χ0) is 31.3. The van der Waals surface area contributed by atoms with Crippen LogP contribution >= 0.6 is 0 Å². The van der Waals surface area contributed by atoms with Crippen molar-refractivity contribution in [2.24, 2.45) is 5.41 Å². The summed E-state index contributed by atoms with van der Waals surface area (Å²) in [7, 11) is 0. The lowest BCUT2D eigenvalue weighted by Crippen LogP contribution is -2.42. The van der Waals surface area contributed by atoms with E-state index in [1.54, 1.807) is 0 Å². The summed E-state index contributed by atoms with van der Waals surface area (Å²) in [4.78, 5) is 5.27. The van der Waals surface area contributed by atoms with Gasteiger partial charge in [-0.05, 0) is 53.0 Å². The van der Waals surface area contributed by atoms with Crippen molar-refractivity contribution in [3.8, 4) is 22.5 Å². The van der Waals surface area contributed by atoms with Crippen LogP contribution in [0.4, 0.5) is 0 Å². The van der Waals surface area contributed by atoms with E-state index in [2.05, 4.69) is 83.3 Å². The Balaban J connectivity index is 1.31. The molecule has 1 N–H and O–H groups in total. The van der Waals surface area contributed by atoms with Crippen molar-refractivity contribution >= 4 is 0 Å². The highest BCUT2D eigenvalue weighted by Crippen LogP contribution is 2.38. The third-order valence-corrected chi connectivity index (χ3v) is 9.14. The Morgan fingerprint density at radius 3 is 2.00 bits per heavy atom. The van der Waals surface area contributed by atoms with Gasteiger partial charge in [0.2, 0.25) is 17.4 Å². The minimum atomic E-state index is -0.926. The minimum Gasteiger partial charge on any atom is -0.340 e. The van der Waals surface area contributed by atoms with Gasteiger partial charge in [0.1, 0.15) is 5.82 Å². The second kappa shape index (κ2) is 13.9. The highest BCUT2D eigenvalue weighted by Gasteiger charge is 2.43. The minimum absolute atomic E-state index is 0.0335. The second-order valence-corrected chi connectivity index (χ2v) is 14.1. The van der Waals surface area contributed by atoms with Gasteiger partial charge in [-0.25, -0.2) is 9.67 Å². The number of hydrogen-bond acceptors (Lipinski definition) is 7. The molecule has 9 nitrogen and oxygen atoms in total. The van der Waals surface area contributed by atoms with Crippen molar-refractivity contribution in [1.29, 1.82) is 0 Å². The Labute approximate surface area is 267 Å². The Morgan fingerprint density at radius 2 is 1.44 bits per heavy atom. The quantitative estimate of drug-likeness (QED) is 0.171. The third kappa shape index (κ3) is 7.69. The number of rotatable bonds is 11. The predicted molar refractivity (Wildman–Crippen MR) is 175 cm³/mol. The van der Waals surface area contributed by atoms with E-state index in [1.807, 2.05) is 18.2 Å². The molecule has 0 aliphatic heterocycles. The van der Waals surface area contributed by atoms with Gasteiger partial charge in [-0.3, -0.25) is 0 Å². The number of ether oxygens (including phenoxy) is 2. The lowest BCUT2D eigenvalue weighted by molar-refractivity contribution is -0.300. The van der Waals surface area contributed by atoms with Crippen molar-refractivity contribution in [3.63, 3.8) is 0 Å². The monoisotopic (exact) mass is 611 g/mol. The summed E-state index contributed by atoms with van der Waals surface area (Å²) in [5, 5.41) is 19.9. The fourth-order valence-corrected chi connectivity index (χ4v) is 6.80. The summed E-state index contributed by atoms with van der Waals surface area (Å²) in [5.41, 5.74) is 4.32. The molecule has 240 valence electrons. The molecule has 2 aromatic carbocycles. The average Bonchev–Trinajstić information content (AvgIpc) is 3.72. The summed E-state index contributed by atoms with van der Waals surface area (Å²) in [5.74, 6) is 1.29. The summed E-state index contributed by atoms with van der Waals surface area (Å²) >= 11 is 0. The van der Waals surface area contributed by atoms with Crippen LogP contribution in [0.25, 0.3) is 22.5 Å². The number of aromatic nitrogens is 7. The molecule has 2 heterocycles. The molecule has 0 spiro atoms. The van der Waals surface area contributed by atoms with E-state index < -0.39 is 5.79 Å². The lowest BCUT2D eigenvalue weighted by atomic mass is 9.96. The molecule has 2 fully saturated rings. The van der Waals surface area contributed by atoms with Crippen molar-refractivity contribution in [2.45, 2.75) is 129 Å². The van der Waals surface area contributed by atoms with Gasteiger partial charge in [-0.1, -0.05) is 115 Å². The number of tetrazole rings is 1. The van der Waals surface area contributed by atoms with E-state index in [0.717, 1.165) is 54.7 Å². The Kier molecular flexibility index (Phi) is 9.75. The van der Waals surface area contributed by atoms with E-state index in [9.17, 15) is 0 Å². The van der Waals surface area contributed by atoms with Crippen molar-refractivity contribution in [2.75, 3.05) is 0 Å². The zero-order valence-corrected chi connectivity index (χ0v) is 27.5. The van der Waals surface area contributed by atoms with E-state index in [4.69, 9.17) is 19.6 Å². The number of benzene rings is 2. The van der Waals surface area contributed by atoms with Gasteiger partial charge in [0.05, 0.1) is 12.2 Å². The summed E-state index contributed by atoms with van der Waals surface area (Å²) in [6.07, 6.45) is 13.4. The molecule has 2 aliphatic rings. The molecule has 2 aromatic heterocycles. The number of hydrogen-bond donors (Lipinski definition) is 1. The van der Waals surface area contributed by atoms with Crippen LogP contribution < -0.4 is 0 Å². The molecule has 0 amide bonds. The van der Waals surface area contributed by atoms with E-state index in [0.29, 0.717) is 24.5 Å². The average molecular weight is 612 g/mol. The van der Waals surface area contributed by atoms with Gasteiger partial charge in [0, 0.05) is 24.9 Å². The van der Waals surface area contributed by atoms with Crippen LogP contribution in [-0.4, -0.2) is 47.6 Å². The van der Waals surface area contributed by atoms with E-state index in [1.165, 1.54) is 44.1 Å². The predicted octanol–water partition coefficient (Wildman–Crippen LogP) is 8.02. The first-order valence-corrected chi connectivity index (χ1v) is 17.0. The number of nitrogens with one attached hydrogen (secondary N) is 1. The van der Waals surface area contributed by atoms with Crippen molar-refractivity contribution < 1.29 is 9.47 Å². The molecular formula is C36H49N7O2. The summed E-state index contributed by atoms with van der Waals surface area (Å²) < 4.78 is 16.1. The van der Waals surface area contributed by atoms with Crippen LogP contribution in [0.3, 0.4) is 0 Å². The molecular weight excluding hydrogens is 562 g/mol. The Hall–Kier alpha value is -3.43. The van der Waals surface area contributed by atoms with E-state index >= 15 is 0 Å². The van der Waals surface area contributed by atoms with Crippen LogP contribution in [0.5, 0.6) is 0 Å². The normalized spacial score (nSPS) is 17.2. The van der Waals surface area contributed by atoms with Crippen LogP contribution in [0, 0.1) is 5.41 Å². The number of H-pyrrole nitrogens is 1. The molecule has 9 heteroatoms. The molecule has 0 bridgehead atoms. The zero-order valence-electron chi connectivity index (χ0n) is 27.5. The van der Waals surface area contributed by atoms with E-state index in [-0.39, 0.29) is 17.6 Å². The van der Waals surface area contributed by atoms with Crippen LogP contribution in [0.1, 0.15) is 116 Å². The number of aromatic amines is 1. The van der Waals surface area contributed by atoms with Crippen molar-refractivity contribution in [1.82, 2.24) is 35.4 Å². The fraction of sp³-hybridized carbons (Fsp3) is 0.583. The first-order chi connectivity index (χ1) is 21.8. The first-order valence-electron chi connectivity index (χ1n) is 17.0. The van der Waals surface area contributed by atoms with Gasteiger partial charge in [0.15, 0.2) is 0 Å². The molecule has 6 rings (SSSR count). The Morgan fingerprint density at radius 1 is 0.822 bits per heavy atom. The number of nitrogens with zero attached hydrogens (tertiary/aromatic N) is 6. The fourth-order valence-electron chi connectivity index (χ4n) is 6.80. The van der Waals surface area contributed by atoms with Gasteiger partial charge in [-0.15, -0.1) is 10.2 Å². The largest absolute Gasteiger partial charge is 0.340 e. The highest BCUT2D eigenvalue weighted by molar-refractivity contribution is 5.80. The third-order valence-electron chi connectivity index (χ3n) is 9.14. The smallest absolute Gasteiger partial charge is 0.232 e. The maximum atomic E-state index is 6.99. The van der Waals surface area contributed by atoms with Crippen molar-refractivity contribution in [3.05, 3.63) is 65.7 Å². The van der Waals surface area contributed by atoms with Crippen LogP contribution in [-0.2, 0) is 28.2 Å². The molecule has 45 heavy (non-hydrogen) atoms. The Bertz CT molecular complexity index is 1480. The summed E-state index contributed by atoms with van der Waals surface area (Å²) in [6, 6.07) is 16.8. The second-order valence-electron chi connectivity index (χ2n) is 14.1. The molecule has 0 saturated heterocycles. The maximum absolute atomic E-state index is 6.99. The van der Waals surface area contributed by atoms with Crippen LogP contribution in [0.2, 0.25) is 0 Å². The molecule has 0 unspecified atom stereocenters. The SMILES string of the molecule is CCC(OC1CCCCC1)(OC1CCCCC1)c1nc(Cc2ccc(-c3ccccc3-c3nn[nH]n3)cc2)n(CC(C)(C)C)n1. The van der Waals surface area contributed by atoms with Gasteiger partial charge in [-0.2, -0.15) is 10.3 Å². The summed E-state index contributed by atoms with van der Waals surface area (Å²) in [6.45, 7) is 9.67. The molecule has 2 saturated carbocycles.